The van der Waals surface area contributed by atoms with Gasteiger partial charge in [0.05, 0.1) is 14.2 Å². The van der Waals surface area contributed by atoms with Crippen LogP contribution in [0, 0.1) is 0 Å². The van der Waals surface area contributed by atoms with Crippen LogP contribution in [0.2, 0.25) is 0 Å². The van der Waals surface area contributed by atoms with Gasteiger partial charge in [-0.15, -0.1) is 0 Å². The number of hydroxylamine groups is 1. The lowest BCUT2D eigenvalue weighted by molar-refractivity contribution is 0.0206. The number of carbonyl (C=O) groups is 2. The van der Waals surface area contributed by atoms with Gasteiger partial charge in [-0.05, 0) is 30.3 Å². The Morgan fingerprint density at radius 3 is 2.68 bits per heavy atom. The molecule has 0 unspecified atom stereocenters. The summed E-state index contributed by atoms with van der Waals surface area (Å²) in [6.45, 7) is 0.105. The van der Waals surface area contributed by atoms with Gasteiger partial charge in [-0.1, -0.05) is 18.2 Å². The number of furan rings is 1. The molecule has 0 bridgehead atoms. The molecule has 0 aliphatic rings. The lowest BCUT2D eigenvalue weighted by Gasteiger charge is -2.10. The molecule has 7 heteroatoms. The standard InChI is InChI=1S/C21H19NO6/c1-25-17-7-6-16(20(11-17)26-2)13-27-22-21(24)19-9-8-18(28-19)15-5-3-4-14(10-15)12-23/h3-12H,13H2,1-2H3,(H,22,24). The number of hydrogen-bond acceptors (Lipinski definition) is 6. The number of amides is 1. The molecular formula is C21H19NO6. The summed E-state index contributed by atoms with van der Waals surface area (Å²) in [5.74, 6) is 1.29. The highest BCUT2D eigenvalue weighted by Gasteiger charge is 2.13. The largest absolute Gasteiger partial charge is 0.497 e. The molecule has 1 N–H and O–H groups in total. The maximum Gasteiger partial charge on any atom is 0.310 e. The summed E-state index contributed by atoms with van der Waals surface area (Å²) in [4.78, 5) is 28.4. The van der Waals surface area contributed by atoms with E-state index in [-0.39, 0.29) is 12.4 Å². The third-order valence-electron chi connectivity index (χ3n) is 4.02. The second-order valence-corrected chi connectivity index (χ2v) is 5.80. The molecule has 0 saturated carbocycles. The van der Waals surface area contributed by atoms with E-state index in [1.807, 2.05) is 0 Å². The third kappa shape index (κ3) is 4.39. The van der Waals surface area contributed by atoms with Gasteiger partial charge < -0.3 is 13.9 Å². The maximum absolute atomic E-state index is 12.2. The number of hydrogen-bond donors (Lipinski definition) is 1. The van der Waals surface area contributed by atoms with Gasteiger partial charge >= 0.3 is 5.91 Å². The minimum absolute atomic E-state index is 0.0909. The van der Waals surface area contributed by atoms with Crippen molar-refractivity contribution >= 4 is 12.2 Å². The van der Waals surface area contributed by atoms with Crippen LogP contribution in [0.4, 0.5) is 0 Å². The monoisotopic (exact) mass is 381 g/mol. The summed E-state index contributed by atoms with van der Waals surface area (Å²) >= 11 is 0. The zero-order chi connectivity index (χ0) is 19.9. The summed E-state index contributed by atoms with van der Waals surface area (Å²) < 4.78 is 16.0. The van der Waals surface area contributed by atoms with Crippen molar-refractivity contribution < 1.29 is 28.3 Å². The van der Waals surface area contributed by atoms with Crippen molar-refractivity contribution in [1.29, 1.82) is 0 Å². The Morgan fingerprint density at radius 2 is 1.93 bits per heavy atom. The molecule has 0 aliphatic heterocycles. The Hall–Kier alpha value is -3.58. The average Bonchev–Trinajstić information content (AvgIpc) is 3.24. The van der Waals surface area contributed by atoms with E-state index < -0.39 is 5.91 Å². The fourth-order valence-corrected chi connectivity index (χ4v) is 2.58. The third-order valence-corrected chi connectivity index (χ3v) is 4.02. The highest BCUT2D eigenvalue weighted by atomic mass is 16.7. The van der Waals surface area contributed by atoms with Gasteiger partial charge in [0.15, 0.2) is 5.76 Å². The fourth-order valence-electron chi connectivity index (χ4n) is 2.58. The van der Waals surface area contributed by atoms with Gasteiger partial charge in [-0.25, -0.2) is 5.48 Å². The molecule has 2 aromatic carbocycles. The van der Waals surface area contributed by atoms with Crippen LogP contribution < -0.4 is 15.0 Å². The molecular weight excluding hydrogens is 362 g/mol. The van der Waals surface area contributed by atoms with Crippen LogP contribution in [0.15, 0.2) is 59.0 Å². The fraction of sp³-hybridized carbons (Fsp3) is 0.143. The van der Waals surface area contributed by atoms with E-state index >= 15 is 0 Å². The van der Waals surface area contributed by atoms with E-state index in [1.54, 1.807) is 62.8 Å². The maximum atomic E-state index is 12.2. The van der Waals surface area contributed by atoms with E-state index in [9.17, 15) is 9.59 Å². The van der Waals surface area contributed by atoms with Crippen LogP contribution in [0.1, 0.15) is 26.5 Å². The van der Waals surface area contributed by atoms with Crippen LogP contribution in [-0.2, 0) is 11.4 Å². The van der Waals surface area contributed by atoms with Gasteiger partial charge in [0.2, 0.25) is 0 Å². The van der Waals surface area contributed by atoms with Crippen LogP contribution in [0.5, 0.6) is 11.5 Å². The van der Waals surface area contributed by atoms with Gasteiger partial charge in [0.1, 0.15) is 30.2 Å². The topological polar surface area (TPSA) is 87.0 Å². The molecule has 144 valence electrons. The molecule has 28 heavy (non-hydrogen) atoms. The normalized spacial score (nSPS) is 10.4. The van der Waals surface area contributed by atoms with E-state index in [0.29, 0.717) is 28.4 Å². The molecule has 0 atom stereocenters. The smallest absolute Gasteiger partial charge is 0.310 e. The summed E-state index contributed by atoms with van der Waals surface area (Å²) in [6.07, 6.45) is 0.751. The highest BCUT2D eigenvalue weighted by Crippen LogP contribution is 2.25. The molecule has 1 heterocycles. The van der Waals surface area contributed by atoms with E-state index in [2.05, 4.69) is 5.48 Å². The van der Waals surface area contributed by atoms with Crippen molar-refractivity contribution in [3.8, 4) is 22.8 Å². The van der Waals surface area contributed by atoms with Gasteiger partial charge in [-0.2, -0.15) is 0 Å². The SMILES string of the molecule is COc1ccc(CONC(=O)c2ccc(-c3cccc(C=O)c3)o2)c(OC)c1. The predicted octanol–water partition coefficient (Wildman–Crippen LogP) is 3.64. The molecule has 0 aliphatic carbocycles. The number of methoxy groups -OCH3 is 2. The molecule has 0 fully saturated rings. The van der Waals surface area contributed by atoms with Crippen molar-refractivity contribution in [2.75, 3.05) is 14.2 Å². The molecule has 0 saturated heterocycles. The first kappa shape index (κ1) is 19.2. The predicted molar refractivity (Wildman–Crippen MR) is 101 cm³/mol. The Kier molecular flexibility index (Phi) is 6.08. The number of benzene rings is 2. The first-order valence-electron chi connectivity index (χ1n) is 8.43. The Labute approximate surface area is 161 Å². The zero-order valence-corrected chi connectivity index (χ0v) is 15.4. The molecule has 0 spiro atoms. The van der Waals surface area contributed by atoms with Crippen LogP contribution >= 0.6 is 0 Å². The number of rotatable bonds is 8. The van der Waals surface area contributed by atoms with E-state index in [1.165, 1.54) is 6.07 Å². The minimum atomic E-state index is -0.523. The molecule has 3 aromatic rings. The summed E-state index contributed by atoms with van der Waals surface area (Å²) in [7, 11) is 3.11. The Morgan fingerprint density at radius 1 is 1.07 bits per heavy atom. The summed E-state index contributed by atoms with van der Waals surface area (Å²) in [6, 6.07) is 15.4. The number of aldehydes is 1. The van der Waals surface area contributed by atoms with Crippen molar-refractivity contribution in [3.63, 3.8) is 0 Å². The van der Waals surface area contributed by atoms with Crippen molar-refractivity contribution in [2.45, 2.75) is 6.61 Å². The second kappa shape index (κ2) is 8.88. The molecule has 0 radical (unpaired) electrons. The zero-order valence-electron chi connectivity index (χ0n) is 15.4. The quantitative estimate of drug-likeness (QED) is 0.474. The van der Waals surface area contributed by atoms with Crippen molar-refractivity contribution in [3.05, 3.63) is 71.5 Å². The first-order valence-corrected chi connectivity index (χ1v) is 8.43. The molecule has 1 amide bonds. The van der Waals surface area contributed by atoms with E-state index in [4.69, 9.17) is 18.7 Å². The lowest BCUT2D eigenvalue weighted by Crippen LogP contribution is -2.23. The number of nitrogens with one attached hydrogen (secondary N) is 1. The van der Waals surface area contributed by atoms with E-state index in [0.717, 1.165) is 11.8 Å². The minimum Gasteiger partial charge on any atom is -0.497 e. The molecule has 3 rings (SSSR count). The van der Waals surface area contributed by atoms with Crippen LogP contribution in [0.25, 0.3) is 11.3 Å². The summed E-state index contributed by atoms with van der Waals surface area (Å²) in [5.41, 5.74) is 4.31. The van der Waals surface area contributed by atoms with Crippen LogP contribution in [-0.4, -0.2) is 26.4 Å². The summed E-state index contributed by atoms with van der Waals surface area (Å²) in [5, 5.41) is 0. The van der Waals surface area contributed by atoms with Crippen LogP contribution in [0.3, 0.4) is 0 Å². The Bertz CT molecular complexity index is 979. The molecule has 7 nitrogen and oxygen atoms in total. The lowest BCUT2D eigenvalue weighted by atomic mass is 10.1. The first-order chi connectivity index (χ1) is 13.6. The second-order valence-electron chi connectivity index (χ2n) is 5.80. The van der Waals surface area contributed by atoms with Gasteiger partial charge in [-0.3, -0.25) is 14.4 Å². The Balaban J connectivity index is 1.61. The van der Waals surface area contributed by atoms with Gasteiger partial charge in [0, 0.05) is 22.8 Å². The average molecular weight is 381 g/mol. The number of carbonyl (C=O) groups excluding carboxylic acids is 2. The van der Waals surface area contributed by atoms with Gasteiger partial charge in [0.25, 0.3) is 0 Å². The number of ether oxygens (including phenoxy) is 2. The highest BCUT2D eigenvalue weighted by molar-refractivity contribution is 5.91. The van der Waals surface area contributed by atoms with Crippen molar-refractivity contribution in [1.82, 2.24) is 5.48 Å². The molecule has 1 aromatic heterocycles. The van der Waals surface area contributed by atoms with Crippen molar-refractivity contribution in [2.24, 2.45) is 0 Å².